The molecule has 3 atom stereocenters. The van der Waals surface area contributed by atoms with Gasteiger partial charge in [-0.15, -0.1) is 0 Å². The number of benzene rings is 3. The van der Waals surface area contributed by atoms with Gasteiger partial charge in [-0.3, -0.25) is 9.59 Å². The third kappa shape index (κ3) is 5.99. The average Bonchev–Trinajstić information content (AvgIpc) is 3.58. The van der Waals surface area contributed by atoms with Crippen molar-refractivity contribution in [1.82, 2.24) is 10.6 Å². The van der Waals surface area contributed by atoms with Crippen LogP contribution in [0, 0.1) is 0 Å². The molecule has 1 saturated carbocycles. The topological polar surface area (TPSA) is 93.4 Å². The zero-order valence-electron chi connectivity index (χ0n) is 18.7. The summed E-state index contributed by atoms with van der Waals surface area (Å²) in [6, 6.07) is 24.1. The highest BCUT2D eigenvalue weighted by Gasteiger charge is 2.34. The van der Waals surface area contributed by atoms with E-state index in [2.05, 4.69) is 16.7 Å². The van der Waals surface area contributed by atoms with Gasteiger partial charge in [-0.1, -0.05) is 55.5 Å². The Balaban J connectivity index is 1.37. The first-order chi connectivity index (χ1) is 16.0. The van der Waals surface area contributed by atoms with Crippen LogP contribution in [-0.4, -0.2) is 23.9 Å². The van der Waals surface area contributed by atoms with Crippen molar-refractivity contribution in [2.24, 2.45) is 5.73 Å². The van der Waals surface area contributed by atoms with Gasteiger partial charge in [-0.25, -0.2) is 0 Å². The number of ether oxygens (including phenoxy) is 1. The Morgan fingerprint density at radius 1 is 1.00 bits per heavy atom. The van der Waals surface area contributed by atoms with Crippen LogP contribution in [0.1, 0.15) is 47.2 Å². The number of hydrogen-bond acceptors (Lipinski definition) is 4. The molecule has 4 N–H and O–H groups in total. The van der Waals surface area contributed by atoms with E-state index in [0.717, 1.165) is 12.0 Å². The van der Waals surface area contributed by atoms with Gasteiger partial charge in [0, 0.05) is 24.1 Å². The monoisotopic (exact) mass is 443 g/mol. The fourth-order valence-electron chi connectivity index (χ4n) is 3.75. The van der Waals surface area contributed by atoms with Crippen molar-refractivity contribution in [2.75, 3.05) is 0 Å². The Bertz CT molecular complexity index is 1120. The summed E-state index contributed by atoms with van der Waals surface area (Å²) in [6.45, 7) is 2.28. The van der Waals surface area contributed by atoms with Crippen LogP contribution in [0.15, 0.2) is 78.9 Å². The van der Waals surface area contributed by atoms with Gasteiger partial charge >= 0.3 is 0 Å². The normalized spacial score (nSPS) is 17.6. The van der Waals surface area contributed by atoms with E-state index in [0.29, 0.717) is 35.9 Å². The highest BCUT2D eigenvalue weighted by Crippen LogP contribution is 2.40. The number of nitrogens with two attached hydrogens (primary N) is 1. The van der Waals surface area contributed by atoms with E-state index in [1.165, 1.54) is 5.56 Å². The number of rotatable bonds is 9. The molecule has 6 nitrogen and oxygen atoms in total. The molecule has 4 rings (SSSR count). The molecule has 3 aromatic carbocycles. The van der Waals surface area contributed by atoms with Crippen molar-refractivity contribution in [3.05, 3.63) is 95.6 Å². The maximum Gasteiger partial charge on any atom is 0.252 e. The van der Waals surface area contributed by atoms with E-state index < -0.39 is 6.04 Å². The summed E-state index contributed by atoms with van der Waals surface area (Å²) in [5.74, 6) is 1.12. The van der Waals surface area contributed by atoms with E-state index >= 15 is 0 Å². The van der Waals surface area contributed by atoms with Crippen molar-refractivity contribution in [3.8, 4) is 11.5 Å². The number of hydrogen-bond donors (Lipinski definition) is 3. The molecule has 1 fully saturated rings. The molecule has 0 aromatic heterocycles. The molecule has 33 heavy (non-hydrogen) atoms. The summed E-state index contributed by atoms with van der Waals surface area (Å²) in [6.07, 6.45) is 1.48. The van der Waals surface area contributed by atoms with E-state index in [4.69, 9.17) is 10.5 Å². The lowest BCUT2D eigenvalue weighted by atomic mass is 10.1. The molecule has 6 heteroatoms. The zero-order valence-corrected chi connectivity index (χ0v) is 18.7. The maximum atomic E-state index is 12.8. The van der Waals surface area contributed by atoms with Crippen LogP contribution in [0.25, 0.3) is 0 Å². The minimum atomic E-state index is -0.620. The molecule has 0 aliphatic heterocycles. The van der Waals surface area contributed by atoms with Crippen molar-refractivity contribution in [3.63, 3.8) is 0 Å². The number of nitrogens with one attached hydrogen (secondary N) is 2. The minimum absolute atomic E-state index is 0.211. The van der Waals surface area contributed by atoms with Crippen LogP contribution in [-0.2, 0) is 11.3 Å². The van der Waals surface area contributed by atoms with E-state index in [1.54, 1.807) is 24.3 Å². The van der Waals surface area contributed by atoms with Gasteiger partial charge < -0.3 is 21.1 Å². The molecule has 0 heterocycles. The van der Waals surface area contributed by atoms with Gasteiger partial charge in [-0.2, -0.15) is 0 Å². The number of carbonyl (C=O) groups is 2. The fraction of sp³-hybridized carbons (Fsp3) is 0.259. The van der Waals surface area contributed by atoms with E-state index in [1.807, 2.05) is 55.5 Å². The van der Waals surface area contributed by atoms with Gasteiger partial charge in [0.1, 0.15) is 17.5 Å². The van der Waals surface area contributed by atoms with Crippen LogP contribution in [0.5, 0.6) is 11.5 Å². The third-order valence-corrected chi connectivity index (χ3v) is 5.80. The predicted molar refractivity (Wildman–Crippen MR) is 128 cm³/mol. The Morgan fingerprint density at radius 2 is 1.70 bits per heavy atom. The van der Waals surface area contributed by atoms with Crippen molar-refractivity contribution in [1.29, 1.82) is 0 Å². The third-order valence-electron chi connectivity index (χ3n) is 5.80. The first-order valence-corrected chi connectivity index (χ1v) is 11.3. The number of carbonyl (C=O) groups excluding carboxylic acids is 2. The minimum Gasteiger partial charge on any atom is -0.457 e. The molecule has 3 unspecified atom stereocenters. The maximum absolute atomic E-state index is 12.8. The molecule has 2 amide bonds. The van der Waals surface area contributed by atoms with Crippen LogP contribution in [0.3, 0.4) is 0 Å². The first kappa shape index (κ1) is 22.6. The molecule has 1 aliphatic rings. The molecule has 3 aromatic rings. The Labute approximate surface area is 194 Å². The largest absolute Gasteiger partial charge is 0.457 e. The lowest BCUT2D eigenvalue weighted by molar-refractivity contribution is -0.123. The molecular weight excluding hydrogens is 414 g/mol. The van der Waals surface area contributed by atoms with Crippen LogP contribution in [0.2, 0.25) is 0 Å². The standard InChI is InChI=1S/C27H29N3O3/c1-2-25(27(32)29-17-18-8-4-3-5-9-18)30-26(31)20-11-7-13-22(15-20)33-21-12-6-10-19(14-21)23-16-24(23)28/h3-15,23-25H,2,16-17,28H2,1H3,(H,29,32)(H,30,31). The molecule has 0 spiro atoms. The van der Waals surface area contributed by atoms with Gasteiger partial charge in [0.15, 0.2) is 0 Å². The second kappa shape index (κ2) is 10.3. The summed E-state index contributed by atoms with van der Waals surface area (Å²) in [4.78, 5) is 25.4. The fourth-order valence-corrected chi connectivity index (χ4v) is 3.75. The molecule has 0 radical (unpaired) electrons. The zero-order chi connectivity index (χ0) is 23.2. The van der Waals surface area contributed by atoms with Crippen LogP contribution < -0.4 is 21.1 Å². The quantitative estimate of drug-likeness (QED) is 0.464. The molecule has 0 saturated heterocycles. The van der Waals surface area contributed by atoms with Gasteiger partial charge in [0.25, 0.3) is 5.91 Å². The first-order valence-electron chi connectivity index (χ1n) is 11.3. The Morgan fingerprint density at radius 3 is 2.39 bits per heavy atom. The molecule has 1 aliphatic carbocycles. The van der Waals surface area contributed by atoms with Crippen LogP contribution in [0.4, 0.5) is 0 Å². The van der Waals surface area contributed by atoms with Gasteiger partial charge in [-0.05, 0) is 54.3 Å². The summed E-state index contributed by atoms with van der Waals surface area (Å²) < 4.78 is 5.99. The van der Waals surface area contributed by atoms with Crippen molar-refractivity contribution in [2.45, 2.75) is 44.3 Å². The Hall–Kier alpha value is -3.64. The summed E-state index contributed by atoms with van der Waals surface area (Å²) in [5, 5.41) is 5.71. The summed E-state index contributed by atoms with van der Waals surface area (Å²) in [5.41, 5.74) is 8.57. The predicted octanol–water partition coefficient (Wildman–Crippen LogP) is 4.12. The van der Waals surface area contributed by atoms with Gasteiger partial charge in [0.2, 0.25) is 5.91 Å². The summed E-state index contributed by atoms with van der Waals surface area (Å²) >= 11 is 0. The molecule has 0 bridgehead atoms. The molecule has 170 valence electrons. The second-order valence-electron chi connectivity index (χ2n) is 8.35. The van der Waals surface area contributed by atoms with Gasteiger partial charge in [0.05, 0.1) is 0 Å². The number of amides is 2. The average molecular weight is 444 g/mol. The van der Waals surface area contributed by atoms with E-state index in [-0.39, 0.29) is 17.9 Å². The molecular formula is C27H29N3O3. The SMILES string of the molecule is CCC(NC(=O)c1cccc(Oc2cccc(C3CC3N)c2)c1)C(=O)NCc1ccccc1. The summed E-state index contributed by atoms with van der Waals surface area (Å²) in [7, 11) is 0. The van der Waals surface area contributed by atoms with Crippen molar-refractivity contribution >= 4 is 11.8 Å². The van der Waals surface area contributed by atoms with E-state index in [9.17, 15) is 9.59 Å². The lowest BCUT2D eigenvalue weighted by Crippen LogP contribution is -2.46. The smallest absolute Gasteiger partial charge is 0.252 e. The van der Waals surface area contributed by atoms with Crippen molar-refractivity contribution < 1.29 is 14.3 Å². The highest BCUT2D eigenvalue weighted by molar-refractivity contribution is 5.97. The Kier molecular flexibility index (Phi) is 7.05. The highest BCUT2D eigenvalue weighted by atomic mass is 16.5. The lowest BCUT2D eigenvalue weighted by Gasteiger charge is -2.17. The van der Waals surface area contributed by atoms with Crippen LogP contribution >= 0.6 is 0 Å². The second-order valence-corrected chi connectivity index (χ2v) is 8.35.